The highest BCUT2D eigenvalue weighted by atomic mass is 19.1. The van der Waals surface area contributed by atoms with Crippen molar-refractivity contribution in [3.8, 4) is 11.5 Å². The molecule has 2 amide bonds. The number of hydrogen-bond acceptors (Lipinski definition) is 3. The van der Waals surface area contributed by atoms with Crippen LogP contribution in [0.4, 0.5) is 19.3 Å². The summed E-state index contributed by atoms with van der Waals surface area (Å²) >= 11 is 0. The monoisotopic (exact) mass is 334 g/mol. The first kappa shape index (κ1) is 16.0. The summed E-state index contributed by atoms with van der Waals surface area (Å²) in [6, 6.07) is 8.19. The van der Waals surface area contributed by atoms with E-state index in [0.29, 0.717) is 18.0 Å². The number of fused-ring (bicyclic) bond motifs is 1. The first-order valence-corrected chi connectivity index (χ1v) is 7.47. The van der Waals surface area contributed by atoms with E-state index in [4.69, 9.17) is 9.47 Å². The Morgan fingerprint density at radius 3 is 2.58 bits per heavy atom. The molecule has 1 aliphatic rings. The average Bonchev–Trinajstić information content (AvgIpc) is 3.03. The molecule has 0 radical (unpaired) electrons. The predicted octanol–water partition coefficient (Wildman–Crippen LogP) is 3.75. The van der Waals surface area contributed by atoms with Gasteiger partial charge < -0.3 is 19.7 Å². The summed E-state index contributed by atoms with van der Waals surface area (Å²) < 4.78 is 37.8. The molecule has 0 atom stereocenters. The topological polar surface area (TPSA) is 50.8 Å². The van der Waals surface area contributed by atoms with Gasteiger partial charge in [0.15, 0.2) is 11.5 Å². The number of para-hydroxylation sites is 1. The van der Waals surface area contributed by atoms with Crippen LogP contribution in [0.2, 0.25) is 0 Å². The summed E-state index contributed by atoms with van der Waals surface area (Å²) in [5, 5.41) is 2.28. The van der Waals surface area contributed by atoms with Crippen molar-refractivity contribution in [2.45, 2.75) is 13.5 Å². The molecule has 0 aliphatic carbocycles. The van der Waals surface area contributed by atoms with Crippen molar-refractivity contribution in [2.24, 2.45) is 0 Å². The normalized spacial score (nSPS) is 12.1. The first-order chi connectivity index (χ1) is 11.6. The fourth-order valence-corrected chi connectivity index (χ4v) is 2.39. The van der Waals surface area contributed by atoms with Gasteiger partial charge in [0.1, 0.15) is 17.3 Å². The second-order valence-corrected chi connectivity index (χ2v) is 5.23. The van der Waals surface area contributed by atoms with Gasteiger partial charge in [-0.05, 0) is 36.8 Å². The minimum atomic E-state index is -0.817. The largest absolute Gasteiger partial charge is 0.454 e. The lowest BCUT2D eigenvalue weighted by atomic mass is 10.2. The van der Waals surface area contributed by atoms with Crippen molar-refractivity contribution in [1.29, 1.82) is 0 Å². The number of benzene rings is 2. The van der Waals surface area contributed by atoms with E-state index in [2.05, 4.69) is 5.32 Å². The molecule has 1 heterocycles. The first-order valence-electron chi connectivity index (χ1n) is 7.47. The maximum Gasteiger partial charge on any atom is 0.322 e. The Bertz CT molecular complexity index is 747. The quantitative estimate of drug-likeness (QED) is 0.926. The highest BCUT2D eigenvalue weighted by molar-refractivity contribution is 5.89. The average molecular weight is 334 g/mol. The summed E-state index contributed by atoms with van der Waals surface area (Å²) in [5.74, 6) is -0.367. The third kappa shape index (κ3) is 3.24. The van der Waals surface area contributed by atoms with Crippen LogP contribution in [0.3, 0.4) is 0 Å². The molecule has 3 rings (SSSR count). The molecule has 2 aromatic rings. The van der Waals surface area contributed by atoms with Crippen LogP contribution in [0.5, 0.6) is 11.5 Å². The molecule has 1 N–H and O–H groups in total. The number of carbonyl (C=O) groups excluding carboxylic acids is 1. The highest BCUT2D eigenvalue weighted by Crippen LogP contribution is 2.32. The Morgan fingerprint density at radius 2 is 1.88 bits per heavy atom. The van der Waals surface area contributed by atoms with Crippen LogP contribution in [0.15, 0.2) is 36.4 Å². The maximum atomic E-state index is 13.7. The molecule has 2 aromatic carbocycles. The predicted molar refractivity (Wildman–Crippen MR) is 84.0 cm³/mol. The summed E-state index contributed by atoms with van der Waals surface area (Å²) in [6.45, 7) is 2.60. The van der Waals surface area contributed by atoms with E-state index in [-0.39, 0.29) is 13.3 Å². The van der Waals surface area contributed by atoms with Gasteiger partial charge >= 0.3 is 6.03 Å². The van der Waals surface area contributed by atoms with Crippen LogP contribution in [-0.4, -0.2) is 24.3 Å². The lowest BCUT2D eigenvalue weighted by molar-refractivity contribution is 0.174. The number of hydrogen-bond donors (Lipinski definition) is 1. The number of rotatable bonds is 4. The Balaban J connectivity index is 1.73. The fourth-order valence-electron chi connectivity index (χ4n) is 2.39. The Morgan fingerprint density at radius 1 is 1.17 bits per heavy atom. The number of anilines is 1. The number of nitrogens with one attached hydrogen (secondary N) is 1. The van der Waals surface area contributed by atoms with Crippen molar-refractivity contribution in [3.63, 3.8) is 0 Å². The van der Waals surface area contributed by atoms with Gasteiger partial charge in [0.05, 0.1) is 0 Å². The summed E-state index contributed by atoms with van der Waals surface area (Å²) in [5.41, 5.74) is 0.372. The summed E-state index contributed by atoms with van der Waals surface area (Å²) in [6.07, 6.45) is 0. The van der Waals surface area contributed by atoms with Gasteiger partial charge in [-0.3, -0.25) is 0 Å². The Kier molecular flexibility index (Phi) is 4.50. The molecule has 1 aliphatic heterocycles. The number of amides is 2. The van der Waals surface area contributed by atoms with Crippen molar-refractivity contribution in [3.05, 3.63) is 53.6 Å². The van der Waals surface area contributed by atoms with E-state index in [1.54, 1.807) is 19.1 Å². The minimum absolute atomic E-state index is 0.170. The van der Waals surface area contributed by atoms with E-state index < -0.39 is 23.4 Å². The second-order valence-electron chi connectivity index (χ2n) is 5.23. The number of nitrogens with zero attached hydrogens (tertiary/aromatic N) is 1. The molecule has 126 valence electrons. The van der Waals surface area contributed by atoms with Gasteiger partial charge in [-0.1, -0.05) is 12.1 Å². The molecule has 7 heteroatoms. The number of ether oxygens (including phenoxy) is 2. The van der Waals surface area contributed by atoms with E-state index in [1.807, 2.05) is 6.07 Å². The molecule has 0 fully saturated rings. The zero-order valence-corrected chi connectivity index (χ0v) is 13.0. The van der Waals surface area contributed by atoms with E-state index in [9.17, 15) is 13.6 Å². The molecule has 0 unspecified atom stereocenters. The maximum absolute atomic E-state index is 13.7. The number of carbonyl (C=O) groups is 1. The van der Waals surface area contributed by atoms with Gasteiger partial charge in [-0.15, -0.1) is 0 Å². The van der Waals surface area contributed by atoms with Gasteiger partial charge in [0, 0.05) is 13.1 Å². The molecule has 0 spiro atoms. The van der Waals surface area contributed by atoms with Crippen LogP contribution in [0.1, 0.15) is 12.5 Å². The number of urea groups is 1. The molecule has 0 saturated heterocycles. The molecular formula is C17H16F2N2O3. The molecule has 0 saturated carbocycles. The summed E-state index contributed by atoms with van der Waals surface area (Å²) in [4.78, 5) is 13.7. The lowest BCUT2D eigenvalue weighted by Gasteiger charge is -2.22. The van der Waals surface area contributed by atoms with Crippen molar-refractivity contribution in [1.82, 2.24) is 4.90 Å². The van der Waals surface area contributed by atoms with Crippen LogP contribution in [0.25, 0.3) is 0 Å². The third-order valence-electron chi connectivity index (χ3n) is 3.67. The SMILES string of the molecule is CCN(Cc1ccc2c(c1)OCO2)C(=O)Nc1c(F)cccc1F. The van der Waals surface area contributed by atoms with Gasteiger partial charge in [0.25, 0.3) is 0 Å². The van der Waals surface area contributed by atoms with Crippen LogP contribution < -0.4 is 14.8 Å². The van der Waals surface area contributed by atoms with Gasteiger partial charge in [-0.25, -0.2) is 13.6 Å². The van der Waals surface area contributed by atoms with Crippen molar-refractivity contribution >= 4 is 11.7 Å². The van der Waals surface area contributed by atoms with E-state index in [1.165, 1.54) is 11.0 Å². The highest BCUT2D eigenvalue weighted by Gasteiger charge is 2.19. The lowest BCUT2D eigenvalue weighted by Crippen LogP contribution is -2.34. The van der Waals surface area contributed by atoms with Gasteiger partial charge in [-0.2, -0.15) is 0 Å². The van der Waals surface area contributed by atoms with E-state index in [0.717, 1.165) is 17.7 Å². The number of halogens is 2. The van der Waals surface area contributed by atoms with Crippen LogP contribution in [0, 0.1) is 11.6 Å². The Labute approximate surface area is 137 Å². The fraction of sp³-hybridized carbons (Fsp3) is 0.235. The molecule has 5 nitrogen and oxygen atoms in total. The zero-order chi connectivity index (χ0) is 17.1. The molecule has 0 bridgehead atoms. The van der Waals surface area contributed by atoms with Gasteiger partial charge in [0.2, 0.25) is 6.79 Å². The second kappa shape index (κ2) is 6.74. The van der Waals surface area contributed by atoms with Crippen molar-refractivity contribution in [2.75, 3.05) is 18.7 Å². The molecule has 0 aromatic heterocycles. The smallest absolute Gasteiger partial charge is 0.322 e. The zero-order valence-electron chi connectivity index (χ0n) is 13.0. The minimum Gasteiger partial charge on any atom is -0.454 e. The van der Waals surface area contributed by atoms with Crippen LogP contribution >= 0.6 is 0 Å². The third-order valence-corrected chi connectivity index (χ3v) is 3.67. The van der Waals surface area contributed by atoms with Crippen molar-refractivity contribution < 1.29 is 23.0 Å². The standard InChI is InChI=1S/C17H16F2N2O3/c1-2-21(9-11-6-7-14-15(8-11)24-10-23-14)17(22)20-16-12(18)4-3-5-13(16)19/h3-8H,2,9-10H2,1H3,(H,20,22). The summed E-state index contributed by atoms with van der Waals surface area (Å²) in [7, 11) is 0. The van der Waals surface area contributed by atoms with Crippen LogP contribution in [-0.2, 0) is 6.54 Å². The molecular weight excluding hydrogens is 318 g/mol. The molecule has 24 heavy (non-hydrogen) atoms. The Hall–Kier alpha value is -2.83. The van der Waals surface area contributed by atoms with E-state index >= 15 is 0 Å².